The van der Waals surface area contributed by atoms with Crippen molar-refractivity contribution in [2.45, 2.75) is 19.5 Å². The lowest BCUT2D eigenvalue weighted by molar-refractivity contribution is 0.237. The van der Waals surface area contributed by atoms with Gasteiger partial charge in [0.15, 0.2) is 5.82 Å². The van der Waals surface area contributed by atoms with E-state index in [1.54, 1.807) is 35.3 Å². The number of aromatic nitrogens is 3. The molecule has 2 amide bonds. The summed E-state index contributed by atoms with van der Waals surface area (Å²) in [4.78, 5) is 16.4. The molecule has 26 heavy (non-hydrogen) atoms. The number of nitrogens with zero attached hydrogens (tertiary/aromatic N) is 3. The van der Waals surface area contributed by atoms with Crippen LogP contribution in [0.1, 0.15) is 24.1 Å². The van der Waals surface area contributed by atoms with Crippen molar-refractivity contribution in [1.29, 1.82) is 0 Å². The minimum absolute atomic E-state index is 0.250. The van der Waals surface area contributed by atoms with Crippen molar-refractivity contribution in [3.05, 3.63) is 76.2 Å². The van der Waals surface area contributed by atoms with Gasteiger partial charge in [0.1, 0.15) is 0 Å². The van der Waals surface area contributed by atoms with Crippen molar-refractivity contribution >= 4 is 29.2 Å². The van der Waals surface area contributed by atoms with Gasteiger partial charge in [-0.15, -0.1) is 0 Å². The fraction of sp³-hybridized carbons (Fsp3) is 0.167. The van der Waals surface area contributed by atoms with Crippen molar-refractivity contribution in [1.82, 2.24) is 25.4 Å². The third-order valence-corrected chi connectivity index (χ3v) is 4.34. The molecule has 0 fully saturated rings. The second kappa shape index (κ2) is 8.21. The van der Waals surface area contributed by atoms with Crippen LogP contribution in [0.3, 0.4) is 0 Å². The van der Waals surface area contributed by atoms with Crippen LogP contribution in [0, 0.1) is 0 Å². The second-order valence-corrected chi connectivity index (χ2v) is 6.53. The Balaban J connectivity index is 1.53. The molecule has 3 aromatic rings. The molecule has 134 valence electrons. The van der Waals surface area contributed by atoms with Gasteiger partial charge in [0.25, 0.3) is 0 Å². The summed E-state index contributed by atoms with van der Waals surface area (Å²) in [5, 5.41) is 10.8. The normalized spacial score (nSPS) is 11.8. The van der Waals surface area contributed by atoms with E-state index in [0.717, 1.165) is 11.1 Å². The van der Waals surface area contributed by atoms with Gasteiger partial charge in [-0.1, -0.05) is 35.3 Å². The Morgan fingerprint density at radius 1 is 1.27 bits per heavy atom. The zero-order valence-corrected chi connectivity index (χ0v) is 15.5. The molecule has 0 aliphatic carbocycles. The molecule has 0 aliphatic heterocycles. The van der Waals surface area contributed by atoms with E-state index in [2.05, 4.69) is 20.7 Å². The SMILES string of the molecule is CC(NC(=O)NCc1ccc(-n2cccn2)nc1)c1ccc(Cl)cc1Cl. The van der Waals surface area contributed by atoms with Crippen molar-refractivity contribution in [3.8, 4) is 5.82 Å². The van der Waals surface area contributed by atoms with Crippen LogP contribution < -0.4 is 10.6 Å². The molecule has 2 heterocycles. The van der Waals surface area contributed by atoms with Gasteiger partial charge in [-0.3, -0.25) is 0 Å². The summed E-state index contributed by atoms with van der Waals surface area (Å²) in [6.07, 6.45) is 5.21. The van der Waals surface area contributed by atoms with Gasteiger partial charge in [-0.25, -0.2) is 14.5 Å². The first-order valence-corrected chi connectivity index (χ1v) is 8.73. The van der Waals surface area contributed by atoms with E-state index in [0.29, 0.717) is 22.4 Å². The fourth-order valence-corrected chi connectivity index (χ4v) is 2.99. The van der Waals surface area contributed by atoms with Crippen molar-refractivity contribution < 1.29 is 4.79 Å². The number of amides is 2. The average molecular weight is 390 g/mol. The molecule has 6 nitrogen and oxygen atoms in total. The summed E-state index contributed by atoms with van der Waals surface area (Å²) in [6.45, 7) is 2.22. The Kier molecular flexibility index (Phi) is 5.75. The molecule has 2 aromatic heterocycles. The van der Waals surface area contributed by atoms with Crippen LogP contribution in [0.5, 0.6) is 0 Å². The maximum absolute atomic E-state index is 12.1. The standard InChI is InChI=1S/C18H17Cl2N5O/c1-12(15-5-4-14(19)9-16(15)20)24-18(26)22-11-13-3-6-17(21-10-13)25-8-2-7-23-25/h2-10,12H,11H2,1H3,(H2,22,24,26). The van der Waals surface area contributed by atoms with Gasteiger partial charge in [-0.2, -0.15) is 5.10 Å². The van der Waals surface area contributed by atoms with Crippen LogP contribution in [0.25, 0.3) is 5.82 Å². The van der Waals surface area contributed by atoms with Crippen LogP contribution in [-0.4, -0.2) is 20.8 Å². The average Bonchev–Trinajstić information content (AvgIpc) is 3.15. The van der Waals surface area contributed by atoms with E-state index in [1.165, 1.54) is 0 Å². The summed E-state index contributed by atoms with van der Waals surface area (Å²) in [5.74, 6) is 0.717. The summed E-state index contributed by atoms with van der Waals surface area (Å²) < 4.78 is 1.67. The highest BCUT2D eigenvalue weighted by Crippen LogP contribution is 2.25. The number of nitrogens with one attached hydrogen (secondary N) is 2. The van der Waals surface area contributed by atoms with Gasteiger partial charge in [0, 0.05) is 35.2 Å². The van der Waals surface area contributed by atoms with Crippen molar-refractivity contribution in [2.24, 2.45) is 0 Å². The predicted octanol–water partition coefficient (Wildman–Crippen LogP) is 4.13. The Hall–Kier alpha value is -2.57. The molecule has 0 spiro atoms. The van der Waals surface area contributed by atoms with Crippen LogP contribution in [-0.2, 0) is 6.54 Å². The summed E-state index contributed by atoms with van der Waals surface area (Å²) in [6, 6.07) is 10.2. The predicted molar refractivity (Wildman–Crippen MR) is 102 cm³/mol. The molecule has 1 atom stereocenters. The summed E-state index contributed by atoms with van der Waals surface area (Å²) in [7, 11) is 0. The highest BCUT2D eigenvalue weighted by Gasteiger charge is 2.12. The van der Waals surface area contributed by atoms with Gasteiger partial charge in [-0.05, 0) is 42.3 Å². The molecular weight excluding hydrogens is 373 g/mol. The highest BCUT2D eigenvalue weighted by molar-refractivity contribution is 6.35. The minimum Gasteiger partial charge on any atom is -0.334 e. The van der Waals surface area contributed by atoms with E-state index < -0.39 is 0 Å². The molecule has 0 radical (unpaired) electrons. The quantitative estimate of drug-likeness (QED) is 0.688. The maximum Gasteiger partial charge on any atom is 0.315 e. The van der Waals surface area contributed by atoms with Crippen molar-refractivity contribution in [3.63, 3.8) is 0 Å². The maximum atomic E-state index is 12.1. The van der Waals surface area contributed by atoms with Crippen LogP contribution >= 0.6 is 23.2 Å². The molecule has 0 bridgehead atoms. The second-order valence-electron chi connectivity index (χ2n) is 5.69. The monoisotopic (exact) mass is 389 g/mol. The largest absolute Gasteiger partial charge is 0.334 e. The number of carbonyl (C=O) groups excluding carboxylic acids is 1. The lowest BCUT2D eigenvalue weighted by atomic mass is 10.1. The van der Waals surface area contributed by atoms with Gasteiger partial charge in [0.05, 0.1) is 6.04 Å². The number of benzene rings is 1. The van der Waals surface area contributed by atoms with E-state index in [4.69, 9.17) is 23.2 Å². The van der Waals surface area contributed by atoms with Gasteiger partial charge < -0.3 is 10.6 Å². The van der Waals surface area contributed by atoms with Crippen LogP contribution in [0.4, 0.5) is 4.79 Å². The zero-order chi connectivity index (χ0) is 18.5. The minimum atomic E-state index is -0.292. The van der Waals surface area contributed by atoms with E-state index >= 15 is 0 Å². The Morgan fingerprint density at radius 2 is 2.12 bits per heavy atom. The number of rotatable bonds is 5. The Morgan fingerprint density at radius 3 is 2.77 bits per heavy atom. The van der Waals surface area contributed by atoms with Gasteiger partial charge >= 0.3 is 6.03 Å². The van der Waals surface area contributed by atoms with E-state index in [9.17, 15) is 4.79 Å². The lowest BCUT2D eigenvalue weighted by Crippen LogP contribution is -2.36. The third kappa shape index (κ3) is 4.53. The molecule has 1 unspecified atom stereocenters. The number of hydrogen-bond donors (Lipinski definition) is 2. The Bertz CT molecular complexity index is 881. The van der Waals surface area contributed by atoms with E-state index in [-0.39, 0.29) is 12.1 Å². The zero-order valence-electron chi connectivity index (χ0n) is 14.0. The molecule has 8 heteroatoms. The summed E-state index contributed by atoms with van der Waals surface area (Å²) in [5.41, 5.74) is 1.68. The fourth-order valence-electron chi connectivity index (χ4n) is 2.42. The first kappa shape index (κ1) is 18.2. The van der Waals surface area contributed by atoms with Crippen LogP contribution in [0.2, 0.25) is 10.0 Å². The van der Waals surface area contributed by atoms with Gasteiger partial charge in [0.2, 0.25) is 0 Å². The molecular formula is C18H17Cl2N5O. The summed E-state index contributed by atoms with van der Waals surface area (Å²) >= 11 is 12.1. The first-order chi connectivity index (χ1) is 12.5. The molecule has 0 aliphatic rings. The van der Waals surface area contributed by atoms with Crippen LogP contribution in [0.15, 0.2) is 55.0 Å². The molecule has 0 saturated heterocycles. The molecule has 3 rings (SSSR count). The number of urea groups is 1. The number of halogens is 2. The highest BCUT2D eigenvalue weighted by atomic mass is 35.5. The third-order valence-electron chi connectivity index (χ3n) is 3.78. The number of carbonyl (C=O) groups is 1. The molecule has 0 saturated carbocycles. The van der Waals surface area contributed by atoms with E-state index in [1.807, 2.05) is 31.3 Å². The number of pyridine rings is 1. The first-order valence-electron chi connectivity index (χ1n) is 7.97. The number of hydrogen-bond acceptors (Lipinski definition) is 3. The smallest absolute Gasteiger partial charge is 0.315 e. The lowest BCUT2D eigenvalue weighted by Gasteiger charge is -2.16. The molecule has 2 N–H and O–H groups in total. The van der Waals surface area contributed by atoms with Crippen molar-refractivity contribution in [2.75, 3.05) is 0 Å². The topological polar surface area (TPSA) is 71.8 Å². The Labute approximate surface area is 161 Å². The molecule has 1 aromatic carbocycles.